The van der Waals surface area contributed by atoms with Gasteiger partial charge in [0.05, 0.1) is 27.7 Å². The van der Waals surface area contributed by atoms with Gasteiger partial charge in [-0.3, -0.25) is 10.2 Å². The Morgan fingerprint density at radius 3 is 2.91 bits per heavy atom. The predicted octanol–water partition coefficient (Wildman–Crippen LogP) is 3.56. The topological polar surface area (TPSA) is 103 Å². The lowest BCUT2D eigenvalue weighted by molar-refractivity contribution is -0.0704. The summed E-state index contributed by atoms with van der Waals surface area (Å²) in [5, 5.41) is 10.8. The predicted molar refractivity (Wildman–Crippen MR) is 128 cm³/mol. The lowest BCUT2D eigenvalue weighted by Gasteiger charge is -2.37. The van der Waals surface area contributed by atoms with Crippen LogP contribution in [-0.2, 0) is 25.1 Å². The zero-order valence-corrected chi connectivity index (χ0v) is 21.2. The summed E-state index contributed by atoms with van der Waals surface area (Å²) in [5.41, 5.74) is 1.57. The molecule has 0 aromatic carbocycles. The first-order valence-electron chi connectivity index (χ1n) is 12.5. The number of methoxy groups -OCH3 is 1. The summed E-state index contributed by atoms with van der Waals surface area (Å²) in [4.78, 5) is 17.8. The number of carbonyl (C=O) groups is 1. The average Bonchev–Trinajstić information content (AvgIpc) is 3.19. The molecular weight excluding hydrogens is 459 g/mol. The minimum atomic E-state index is -1.55. The van der Waals surface area contributed by atoms with E-state index in [-0.39, 0.29) is 37.9 Å². The van der Waals surface area contributed by atoms with Crippen molar-refractivity contribution in [2.45, 2.75) is 78.1 Å². The zero-order chi connectivity index (χ0) is 26.4. The van der Waals surface area contributed by atoms with Gasteiger partial charge >= 0.3 is 6.03 Å². The fourth-order valence-electron chi connectivity index (χ4n) is 4.08. The van der Waals surface area contributed by atoms with Crippen molar-refractivity contribution >= 4 is 20.4 Å². The fourth-order valence-corrected chi connectivity index (χ4v) is 5.83. The van der Waals surface area contributed by atoms with Gasteiger partial charge in [0, 0.05) is 31.1 Å². The lowest BCUT2D eigenvalue weighted by atomic mass is 10.1. The Morgan fingerprint density at radius 2 is 2.24 bits per heavy atom. The van der Waals surface area contributed by atoms with Crippen LogP contribution < -0.4 is 5.32 Å². The molecule has 2 amide bonds. The van der Waals surface area contributed by atoms with Gasteiger partial charge in [0.1, 0.15) is 18.9 Å². The summed E-state index contributed by atoms with van der Waals surface area (Å²) in [6.07, 6.45) is -1.40. The molecule has 34 heavy (non-hydrogen) atoms. The Bertz CT molecular complexity index is 929. The van der Waals surface area contributed by atoms with E-state index in [1.54, 1.807) is 4.90 Å². The van der Waals surface area contributed by atoms with Crippen molar-refractivity contribution in [3.63, 3.8) is 0 Å². The number of ether oxygens (including phenoxy) is 2. The number of aromatic nitrogens is 2. The second-order valence-corrected chi connectivity index (χ2v) is 10.2. The van der Waals surface area contributed by atoms with Crippen molar-refractivity contribution in [2.24, 2.45) is 0 Å². The van der Waals surface area contributed by atoms with Gasteiger partial charge in [-0.05, 0) is 40.7 Å². The molecule has 0 radical (unpaired) electrons. The van der Waals surface area contributed by atoms with Gasteiger partial charge < -0.3 is 23.4 Å². The van der Waals surface area contributed by atoms with Crippen molar-refractivity contribution in [1.82, 2.24) is 19.8 Å². The molecule has 0 bridgehead atoms. The first-order valence-corrected chi connectivity index (χ1v) is 12.5. The zero-order valence-electron chi connectivity index (χ0n) is 22.3. The Labute approximate surface area is 205 Å². The molecule has 1 fully saturated rings. The molecule has 0 saturated carbocycles. The Morgan fingerprint density at radius 1 is 1.47 bits per heavy atom. The molecule has 2 aliphatic rings. The third-order valence-electron chi connectivity index (χ3n) is 5.49. The van der Waals surface area contributed by atoms with E-state index in [1.165, 1.54) is 0 Å². The molecule has 12 heteroatoms. The number of urea groups is 1. The standard InChI is InChI=1S/C22H35N6O5P/c1-14(2)28(15(3)4)34(31-9-8-23-6)33-18-11-20(32-19(18)13-30-7)27-12-17-10-16(5)25-26-21(17)24-22(27)29/h10,14-15,18-20H,8-9,11-13H2,1-5,7H3,(H,24,26,29)/t18-,19-,20?,34?/m1/s1/i7TD/t7?,18-,19-,20?,34?. The van der Waals surface area contributed by atoms with Crippen LogP contribution >= 0.6 is 8.53 Å². The van der Waals surface area contributed by atoms with Crippen LogP contribution in [0.25, 0.3) is 4.85 Å². The number of amides is 2. The molecule has 3 unspecified atom stereocenters. The van der Waals surface area contributed by atoms with Crippen molar-refractivity contribution < 1.29 is 26.1 Å². The highest BCUT2D eigenvalue weighted by molar-refractivity contribution is 7.44. The normalized spacial score (nSPS) is 25.1. The minimum absolute atomic E-state index is 0.0377. The van der Waals surface area contributed by atoms with Gasteiger partial charge in [0.2, 0.25) is 6.54 Å². The van der Waals surface area contributed by atoms with E-state index in [0.717, 1.165) is 11.3 Å². The largest absolute Gasteiger partial charge is 0.382 e. The minimum Gasteiger partial charge on any atom is -0.382 e. The number of fused-ring (bicyclic) bond motifs is 1. The van der Waals surface area contributed by atoms with E-state index in [4.69, 9.17) is 27.8 Å². The molecule has 11 nitrogen and oxygen atoms in total. The Kier molecular flexibility index (Phi) is 8.51. The summed E-state index contributed by atoms with van der Waals surface area (Å²) in [6, 6.07) is 1.76. The monoisotopic (exact) mass is 497 g/mol. The number of nitrogens with zero attached hydrogens (tertiary/aromatic N) is 5. The third-order valence-corrected chi connectivity index (χ3v) is 7.64. The van der Waals surface area contributed by atoms with Gasteiger partial charge in [0.25, 0.3) is 8.53 Å². The molecule has 1 saturated heterocycles. The van der Waals surface area contributed by atoms with Crippen molar-refractivity contribution in [3.8, 4) is 0 Å². The molecule has 1 N–H and O–H groups in total. The first-order chi connectivity index (χ1) is 17.1. The van der Waals surface area contributed by atoms with Crippen molar-refractivity contribution in [2.75, 3.05) is 32.1 Å². The quantitative estimate of drug-likeness (QED) is 0.281. The molecule has 1 aromatic rings. The molecule has 2 aliphatic heterocycles. The highest BCUT2D eigenvalue weighted by Crippen LogP contribution is 2.49. The van der Waals surface area contributed by atoms with Crippen LogP contribution in [0.15, 0.2) is 6.07 Å². The summed E-state index contributed by atoms with van der Waals surface area (Å²) in [5.74, 6) is 0.431. The van der Waals surface area contributed by atoms with E-state index >= 15 is 0 Å². The smallest absolute Gasteiger partial charge is 0.325 e. The number of hydrogen-bond acceptors (Lipinski definition) is 8. The summed E-state index contributed by atoms with van der Waals surface area (Å²) in [7, 11) is -3.02. The molecule has 1 aromatic heterocycles. The lowest BCUT2D eigenvalue weighted by Crippen LogP contribution is -2.46. The Hall–Kier alpha value is -1.93. The fraction of sp³-hybridized carbons (Fsp3) is 0.727. The van der Waals surface area contributed by atoms with E-state index < -0.39 is 34.0 Å². The molecule has 0 spiro atoms. The highest BCUT2D eigenvalue weighted by Gasteiger charge is 2.44. The maximum Gasteiger partial charge on any atom is 0.325 e. The highest BCUT2D eigenvalue weighted by atomic mass is 31.2. The first kappa shape index (κ1) is 23.8. The Balaban J connectivity index is 1.80. The second-order valence-electron chi connectivity index (χ2n) is 8.78. The van der Waals surface area contributed by atoms with Crippen molar-refractivity contribution in [1.29, 1.82) is 0 Å². The van der Waals surface area contributed by atoms with Gasteiger partial charge in [-0.25, -0.2) is 16.0 Å². The summed E-state index contributed by atoms with van der Waals surface area (Å²) < 4.78 is 40.9. The van der Waals surface area contributed by atoms with E-state index in [9.17, 15) is 4.79 Å². The van der Waals surface area contributed by atoms with Crippen LogP contribution in [0.2, 0.25) is 0 Å². The van der Waals surface area contributed by atoms with E-state index in [1.807, 2.05) is 13.0 Å². The number of anilines is 1. The number of rotatable bonds is 11. The number of hydrogen-bond donors (Lipinski definition) is 1. The van der Waals surface area contributed by atoms with Crippen LogP contribution in [0.5, 0.6) is 0 Å². The van der Waals surface area contributed by atoms with Crippen LogP contribution in [0.4, 0.5) is 10.6 Å². The third kappa shape index (κ3) is 6.39. The molecule has 188 valence electrons. The van der Waals surface area contributed by atoms with Crippen LogP contribution in [-0.4, -0.2) is 83.1 Å². The second kappa shape index (κ2) is 12.2. The molecule has 0 aliphatic carbocycles. The van der Waals surface area contributed by atoms with Crippen LogP contribution in [0, 0.1) is 13.5 Å². The molecular formula is C22H35N6O5P. The van der Waals surface area contributed by atoms with Gasteiger partial charge in [0.15, 0.2) is 5.82 Å². The molecule has 3 rings (SSSR count). The molecule has 5 atom stereocenters. The summed E-state index contributed by atoms with van der Waals surface area (Å²) >= 11 is 0. The van der Waals surface area contributed by atoms with Gasteiger partial charge in [-0.15, -0.1) is 5.10 Å². The number of nitrogens with one attached hydrogen (secondary N) is 1. The molecule has 3 heterocycles. The van der Waals surface area contributed by atoms with Gasteiger partial charge in [-0.1, -0.05) is 0 Å². The average molecular weight is 498 g/mol. The van der Waals surface area contributed by atoms with Crippen LogP contribution in [0.3, 0.4) is 0 Å². The SMILES string of the molecule is [2H]C([3H])OC[C@H]1OC(N2Cc3cc(C)nnc3NC2=O)C[C@H]1OP(OCC[N+]#[C-])N(C(C)C)C(C)C. The van der Waals surface area contributed by atoms with Gasteiger partial charge in [-0.2, -0.15) is 5.10 Å². The number of carbonyl (C=O) groups excluding carboxylic acids is 1. The number of aryl methyl sites for hydroxylation is 1. The maximum atomic E-state index is 12.9. The van der Waals surface area contributed by atoms with E-state index in [2.05, 4.69) is 52.7 Å². The van der Waals surface area contributed by atoms with Crippen molar-refractivity contribution in [3.05, 3.63) is 28.7 Å². The van der Waals surface area contributed by atoms with E-state index in [0.29, 0.717) is 18.8 Å². The maximum absolute atomic E-state index is 12.9. The summed E-state index contributed by atoms with van der Waals surface area (Å²) in [6.45, 7) is 17.8. The van der Waals surface area contributed by atoms with Crippen LogP contribution in [0.1, 0.15) is 48.1 Å².